The maximum atomic E-state index is 5.81. The minimum Gasteiger partial charge on any atom is -0.276 e. The number of hydrogen-bond donors (Lipinski definition) is 2. The third-order valence-corrected chi connectivity index (χ3v) is 5.69. The number of nitrogens with zero attached hydrogens (tertiary/aromatic N) is 2. The molecule has 1 aromatic heterocycles. The van der Waals surface area contributed by atoms with Gasteiger partial charge in [-0.2, -0.15) is 5.10 Å². The zero-order chi connectivity index (χ0) is 12.3. The van der Waals surface area contributed by atoms with Crippen LogP contribution in [0.25, 0.3) is 0 Å². The van der Waals surface area contributed by atoms with Gasteiger partial charge in [0.05, 0.1) is 6.20 Å². The third-order valence-electron chi connectivity index (χ3n) is 5.69. The third kappa shape index (κ3) is 1.48. The summed E-state index contributed by atoms with van der Waals surface area (Å²) >= 11 is 0. The lowest BCUT2D eigenvalue weighted by atomic mass is 9.94. The van der Waals surface area contributed by atoms with E-state index in [1.165, 1.54) is 24.8 Å². The van der Waals surface area contributed by atoms with Crippen molar-refractivity contribution in [3.63, 3.8) is 0 Å². The summed E-state index contributed by atoms with van der Waals surface area (Å²) in [7, 11) is 1.97. The first kappa shape index (κ1) is 11.0. The second kappa shape index (κ2) is 3.81. The molecular weight excluding hydrogens is 224 g/mol. The molecule has 3 aliphatic carbocycles. The normalized spacial score (nSPS) is 42.0. The maximum Gasteiger partial charge on any atom is 0.0522 e. The molecule has 5 unspecified atom stereocenters. The van der Waals surface area contributed by atoms with Crippen molar-refractivity contribution in [1.82, 2.24) is 15.2 Å². The lowest BCUT2D eigenvalue weighted by Gasteiger charge is -2.19. The molecule has 4 nitrogen and oxygen atoms in total. The van der Waals surface area contributed by atoms with E-state index in [0.717, 1.165) is 36.0 Å². The van der Waals surface area contributed by atoms with E-state index in [4.69, 9.17) is 5.84 Å². The Morgan fingerprint density at radius 1 is 1.44 bits per heavy atom. The lowest BCUT2D eigenvalue weighted by Crippen LogP contribution is -2.40. The van der Waals surface area contributed by atoms with Crippen LogP contribution in [0.15, 0.2) is 12.4 Å². The van der Waals surface area contributed by atoms with Crippen molar-refractivity contribution in [3.8, 4) is 0 Å². The molecule has 3 N–H and O–H groups in total. The minimum absolute atomic E-state index is 0.451. The first-order valence-corrected chi connectivity index (χ1v) is 7.21. The Balaban J connectivity index is 1.47. The number of aryl methyl sites for hydroxylation is 1. The Kier molecular flexibility index (Phi) is 2.33. The summed E-state index contributed by atoms with van der Waals surface area (Å²) in [5, 5.41) is 4.25. The molecule has 1 aromatic rings. The van der Waals surface area contributed by atoms with Crippen molar-refractivity contribution >= 4 is 0 Å². The van der Waals surface area contributed by atoms with Gasteiger partial charge in [0, 0.05) is 19.3 Å². The predicted octanol–water partition coefficient (Wildman–Crippen LogP) is 1.09. The summed E-state index contributed by atoms with van der Waals surface area (Å²) in [6.07, 6.45) is 9.57. The Labute approximate surface area is 108 Å². The molecule has 98 valence electrons. The van der Waals surface area contributed by atoms with Crippen LogP contribution in [0.1, 0.15) is 24.8 Å². The topological polar surface area (TPSA) is 55.9 Å². The van der Waals surface area contributed by atoms with Crippen molar-refractivity contribution in [3.05, 3.63) is 18.0 Å². The molecule has 3 fully saturated rings. The average molecular weight is 246 g/mol. The van der Waals surface area contributed by atoms with E-state index < -0.39 is 0 Å². The molecule has 4 heteroatoms. The Morgan fingerprint density at radius 3 is 2.72 bits per heavy atom. The van der Waals surface area contributed by atoms with E-state index in [9.17, 15) is 0 Å². The van der Waals surface area contributed by atoms with Crippen LogP contribution in [-0.2, 0) is 13.5 Å². The number of nitrogens with two attached hydrogens (primary N) is 1. The van der Waals surface area contributed by atoms with Gasteiger partial charge in [0.15, 0.2) is 0 Å². The Bertz CT molecular complexity index is 438. The largest absolute Gasteiger partial charge is 0.276 e. The molecule has 0 spiro atoms. The molecular formula is C14H22N4. The van der Waals surface area contributed by atoms with E-state index in [0.29, 0.717) is 6.04 Å². The van der Waals surface area contributed by atoms with Crippen molar-refractivity contribution < 1.29 is 0 Å². The van der Waals surface area contributed by atoms with Gasteiger partial charge in [-0.25, -0.2) is 0 Å². The van der Waals surface area contributed by atoms with Gasteiger partial charge in [0.1, 0.15) is 0 Å². The second-order valence-electron chi connectivity index (χ2n) is 6.56. The fraction of sp³-hybridized carbons (Fsp3) is 0.786. The van der Waals surface area contributed by atoms with Crippen molar-refractivity contribution in [2.45, 2.75) is 31.7 Å². The summed E-state index contributed by atoms with van der Waals surface area (Å²) in [5.41, 5.74) is 4.39. The average Bonchev–Trinajstić information content (AvgIpc) is 2.71. The summed E-state index contributed by atoms with van der Waals surface area (Å²) < 4.78 is 1.88. The molecule has 3 saturated carbocycles. The van der Waals surface area contributed by atoms with Gasteiger partial charge in [0.25, 0.3) is 0 Å². The molecule has 18 heavy (non-hydrogen) atoms. The first-order chi connectivity index (χ1) is 8.78. The first-order valence-electron chi connectivity index (χ1n) is 7.21. The summed E-state index contributed by atoms with van der Waals surface area (Å²) in [4.78, 5) is 0. The van der Waals surface area contributed by atoms with Gasteiger partial charge < -0.3 is 0 Å². The highest BCUT2D eigenvalue weighted by Crippen LogP contribution is 2.70. The monoisotopic (exact) mass is 246 g/mol. The highest BCUT2D eigenvalue weighted by molar-refractivity contribution is 5.18. The van der Waals surface area contributed by atoms with Crippen LogP contribution in [0.4, 0.5) is 0 Å². The van der Waals surface area contributed by atoms with Crippen LogP contribution in [0.5, 0.6) is 0 Å². The quantitative estimate of drug-likeness (QED) is 0.617. The van der Waals surface area contributed by atoms with Crippen LogP contribution < -0.4 is 11.3 Å². The standard InChI is InChI=1S/C14H22N4/c1-18-7-8(6-16-18)4-11(17-15)14-12-9-2-3-10(5-9)13(12)14/h6-7,9-14,17H,2-5,15H2,1H3. The number of hydrogen-bond acceptors (Lipinski definition) is 3. The zero-order valence-electron chi connectivity index (χ0n) is 10.9. The van der Waals surface area contributed by atoms with E-state index in [1.54, 1.807) is 0 Å². The molecule has 0 saturated heterocycles. The Morgan fingerprint density at radius 2 is 2.17 bits per heavy atom. The zero-order valence-corrected chi connectivity index (χ0v) is 10.9. The summed E-state index contributed by atoms with van der Waals surface area (Å²) in [5.74, 6) is 10.7. The number of nitrogens with one attached hydrogen (secondary N) is 1. The van der Waals surface area contributed by atoms with Gasteiger partial charge in [-0.3, -0.25) is 16.0 Å². The number of fused-ring (bicyclic) bond motifs is 5. The molecule has 4 rings (SSSR count). The van der Waals surface area contributed by atoms with E-state index in [2.05, 4.69) is 16.7 Å². The number of rotatable bonds is 4. The van der Waals surface area contributed by atoms with Crippen LogP contribution in [0, 0.1) is 29.6 Å². The lowest BCUT2D eigenvalue weighted by molar-refractivity contribution is 0.365. The Hall–Kier alpha value is -0.870. The van der Waals surface area contributed by atoms with Gasteiger partial charge in [-0.15, -0.1) is 0 Å². The predicted molar refractivity (Wildman–Crippen MR) is 69.3 cm³/mol. The summed E-state index contributed by atoms with van der Waals surface area (Å²) in [6.45, 7) is 0. The van der Waals surface area contributed by atoms with Crippen molar-refractivity contribution in [2.24, 2.45) is 42.5 Å². The van der Waals surface area contributed by atoms with Crippen molar-refractivity contribution in [2.75, 3.05) is 0 Å². The molecule has 5 atom stereocenters. The minimum atomic E-state index is 0.451. The molecule has 0 amide bonds. The highest BCUT2D eigenvalue weighted by atomic mass is 15.3. The molecule has 0 radical (unpaired) electrons. The van der Waals surface area contributed by atoms with Crippen molar-refractivity contribution in [1.29, 1.82) is 0 Å². The van der Waals surface area contributed by atoms with E-state index >= 15 is 0 Å². The fourth-order valence-corrected chi connectivity index (χ4v) is 5.07. The van der Waals surface area contributed by atoms with E-state index in [-0.39, 0.29) is 0 Å². The molecule has 0 aliphatic heterocycles. The van der Waals surface area contributed by atoms with Crippen LogP contribution in [-0.4, -0.2) is 15.8 Å². The number of hydrazine groups is 1. The summed E-state index contributed by atoms with van der Waals surface area (Å²) in [6, 6.07) is 0.451. The van der Waals surface area contributed by atoms with Crippen LogP contribution >= 0.6 is 0 Å². The van der Waals surface area contributed by atoms with Gasteiger partial charge in [0.2, 0.25) is 0 Å². The molecule has 1 heterocycles. The van der Waals surface area contributed by atoms with Gasteiger partial charge in [-0.1, -0.05) is 0 Å². The number of aromatic nitrogens is 2. The molecule has 3 aliphatic rings. The van der Waals surface area contributed by atoms with Crippen LogP contribution in [0.3, 0.4) is 0 Å². The maximum absolute atomic E-state index is 5.81. The fourth-order valence-electron chi connectivity index (χ4n) is 5.07. The molecule has 0 aromatic carbocycles. The second-order valence-corrected chi connectivity index (χ2v) is 6.56. The van der Waals surface area contributed by atoms with Gasteiger partial charge in [-0.05, 0) is 60.8 Å². The SMILES string of the molecule is Cn1cc(CC(NN)C2C3C4CCC(C4)C32)cn1. The molecule has 2 bridgehead atoms. The smallest absolute Gasteiger partial charge is 0.0522 e. The van der Waals surface area contributed by atoms with E-state index in [1.807, 2.05) is 17.9 Å². The van der Waals surface area contributed by atoms with Crippen LogP contribution in [0.2, 0.25) is 0 Å². The van der Waals surface area contributed by atoms with Gasteiger partial charge >= 0.3 is 0 Å². The highest BCUT2D eigenvalue weighted by Gasteiger charge is 2.66.